The van der Waals surface area contributed by atoms with Crippen LogP contribution in [-0.4, -0.2) is 23.9 Å². The van der Waals surface area contributed by atoms with E-state index in [1.54, 1.807) is 0 Å². The fourth-order valence-electron chi connectivity index (χ4n) is 3.42. The van der Waals surface area contributed by atoms with E-state index >= 15 is 0 Å². The van der Waals surface area contributed by atoms with Crippen molar-refractivity contribution < 1.29 is 4.79 Å². The molecule has 0 atom stereocenters. The molecule has 1 spiro atoms. The smallest absolute Gasteiger partial charge is 0.264 e. The van der Waals surface area contributed by atoms with Crippen LogP contribution in [0.4, 0.5) is 0 Å². The molecule has 1 aromatic rings. The Morgan fingerprint density at radius 1 is 1.16 bits per heavy atom. The van der Waals surface area contributed by atoms with E-state index in [0.717, 1.165) is 26.2 Å². The van der Waals surface area contributed by atoms with Crippen LogP contribution in [0.5, 0.6) is 0 Å². The first-order valence-electron chi connectivity index (χ1n) is 6.84. The summed E-state index contributed by atoms with van der Waals surface area (Å²) in [5, 5.41) is 0. The van der Waals surface area contributed by atoms with Crippen molar-refractivity contribution in [3.05, 3.63) is 19.2 Å². The molecule has 3 rings (SSSR count). The number of likely N-dealkylation sites (tertiary alicyclic amines) is 1. The summed E-state index contributed by atoms with van der Waals surface area (Å²) in [4.78, 5) is 15.3. The van der Waals surface area contributed by atoms with E-state index < -0.39 is 0 Å². The molecule has 1 aliphatic carbocycles. The molecule has 5 heteroatoms. The Balaban J connectivity index is 1.66. The highest BCUT2D eigenvalue weighted by Gasteiger charge is 2.38. The zero-order valence-corrected chi connectivity index (χ0v) is 14.7. The first-order chi connectivity index (χ1) is 9.10. The maximum absolute atomic E-state index is 12.5. The number of amides is 1. The first-order valence-corrected chi connectivity index (χ1v) is 9.24. The van der Waals surface area contributed by atoms with Crippen LogP contribution in [-0.2, 0) is 0 Å². The van der Waals surface area contributed by atoms with Crippen molar-refractivity contribution in [1.82, 2.24) is 4.90 Å². The standard InChI is InChI=1S/C14H17Br2NOS/c15-10-9-11(19-12(10)16)13(18)17-7-5-14(6-8-17)3-1-2-4-14/h9H,1-8H2. The maximum Gasteiger partial charge on any atom is 0.264 e. The first kappa shape index (κ1) is 14.1. The van der Waals surface area contributed by atoms with Crippen molar-refractivity contribution in [3.8, 4) is 0 Å². The van der Waals surface area contributed by atoms with Crippen LogP contribution >= 0.6 is 43.2 Å². The molecule has 1 saturated heterocycles. The van der Waals surface area contributed by atoms with Crippen molar-refractivity contribution in [2.75, 3.05) is 13.1 Å². The molecule has 1 saturated carbocycles. The lowest BCUT2D eigenvalue weighted by Crippen LogP contribution is -2.42. The molecule has 2 nitrogen and oxygen atoms in total. The summed E-state index contributed by atoms with van der Waals surface area (Å²) in [6, 6.07) is 1.93. The minimum absolute atomic E-state index is 0.198. The summed E-state index contributed by atoms with van der Waals surface area (Å²) in [6.45, 7) is 1.87. The molecule has 0 bridgehead atoms. The monoisotopic (exact) mass is 405 g/mol. The molecule has 2 heterocycles. The van der Waals surface area contributed by atoms with Crippen molar-refractivity contribution in [2.24, 2.45) is 5.41 Å². The summed E-state index contributed by atoms with van der Waals surface area (Å²) in [7, 11) is 0. The number of carbonyl (C=O) groups is 1. The van der Waals surface area contributed by atoms with Gasteiger partial charge in [0.25, 0.3) is 5.91 Å². The molecule has 0 unspecified atom stereocenters. The number of carbonyl (C=O) groups excluding carboxylic acids is 1. The van der Waals surface area contributed by atoms with Crippen LogP contribution in [0.15, 0.2) is 14.3 Å². The molecule has 104 valence electrons. The van der Waals surface area contributed by atoms with E-state index in [1.807, 2.05) is 11.0 Å². The van der Waals surface area contributed by atoms with Gasteiger partial charge in [-0.3, -0.25) is 4.79 Å². The summed E-state index contributed by atoms with van der Waals surface area (Å²) in [6.07, 6.45) is 7.94. The fraction of sp³-hybridized carbons (Fsp3) is 0.643. The van der Waals surface area contributed by atoms with Gasteiger partial charge in [0.1, 0.15) is 0 Å². The highest BCUT2D eigenvalue weighted by atomic mass is 79.9. The van der Waals surface area contributed by atoms with Crippen molar-refractivity contribution in [3.63, 3.8) is 0 Å². The Bertz CT molecular complexity index is 464. The average Bonchev–Trinajstić information content (AvgIpc) is 2.98. The van der Waals surface area contributed by atoms with Crippen LogP contribution in [0.3, 0.4) is 0 Å². The Morgan fingerprint density at radius 3 is 2.32 bits per heavy atom. The molecule has 0 aromatic carbocycles. The largest absolute Gasteiger partial charge is 0.338 e. The predicted octanol–water partition coefficient (Wildman–Crippen LogP) is 5.07. The molecule has 1 amide bonds. The third-order valence-electron chi connectivity index (χ3n) is 4.63. The highest BCUT2D eigenvalue weighted by Crippen LogP contribution is 2.46. The van der Waals surface area contributed by atoms with E-state index in [2.05, 4.69) is 31.9 Å². The van der Waals surface area contributed by atoms with Crippen LogP contribution in [0.1, 0.15) is 48.2 Å². The number of rotatable bonds is 1. The van der Waals surface area contributed by atoms with Crippen molar-refractivity contribution in [2.45, 2.75) is 38.5 Å². The lowest BCUT2D eigenvalue weighted by Gasteiger charge is -2.39. The number of hydrogen-bond acceptors (Lipinski definition) is 2. The third-order valence-corrected chi connectivity index (χ3v) is 7.88. The lowest BCUT2D eigenvalue weighted by molar-refractivity contribution is 0.0592. The normalized spacial score (nSPS) is 22.1. The third kappa shape index (κ3) is 2.79. The van der Waals surface area contributed by atoms with E-state index in [-0.39, 0.29) is 5.91 Å². The molecule has 0 N–H and O–H groups in total. The van der Waals surface area contributed by atoms with Gasteiger partial charge in [-0.05, 0) is 69.0 Å². The quantitative estimate of drug-likeness (QED) is 0.637. The zero-order valence-electron chi connectivity index (χ0n) is 10.8. The molecular formula is C14H17Br2NOS. The van der Waals surface area contributed by atoms with Crippen LogP contribution in [0.2, 0.25) is 0 Å². The van der Waals surface area contributed by atoms with Gasteiger partial charge in [0.15, 0.2) is 0 Å². The average molecular weight is 407 g/mol. The minimum atomic E-state index is 0.198. The fourth-order valence-corrected chi connectivity index (χ4v) is 5.42. The van der Waals surface area contributed by atoms with E-state index in [4.69, 9.17) is 0 Å². The second-order valence-corrected chi connectivity index (χ2v) is 8.96. The summed E-state index contributed by atoms with van der Waals surface area (Å²) < 4.78 is 1.98. The second kappa shape index (κ2) is 5.49. The molecule has 19 heavy (non-hydrogen) atoms. The van der Waals surface area contributed by atoms with E-state index in [9.17, 15) is 4.79 Å². The van der Waals surface area contributed by atoms with Gasteiger partial charge in [0.05, 0.1) is 8.66 Å². The highest BCUT2D eigenvalue weighted by molar-refractivity contribution is 9.13. The van der Waals surface area contributed by atoms with E-state index in [1.165, 1.54) is 49.9 Å². The number of hydrogen-bond donors (Lipinski definition) is 0. The summed E-state index contributed by atoms with van der Waals surface area (Å²) >= 11 is 8.43. The Kier molecular flexibility index (Phi) is 4.07. The number of thiophene rings is 1. The molecule has 0 radical (unpaired) electrons. The van der Waals surface area contributed by atoms with Gasteiger partial charge in [-0.25, -0.2) is 0 Å². The van der Waals surface area contributed by atoms with Gasteiger partial charge in [-0.2, -0.15) is 0 Å². The predicted molar refractivity (Wildman–Crippen MR) is 85.8 cm³/mol. The molecule has 1 aromatic heterocycles. The van der Waals surface area contributed by atoms with Gasteiger partial charge in [0, 0.05) is 17.6 Å². The number of nitrogens with zero attached hydrogens (tertiary/aromatic N) is 1. The topological polar surface area (TPSA) is 20.3 Å². The van der Waals surface area contributed by atoms with Gasteiger partial charge in [0.2, 0.25) is 0 Å². The maximum atomic E-state index is 12.5. The second-order valence-electron chi connectivity index (χ2n) is 5.73. The Morgan fingerprint density at radius 2 is 1.79 bits per heavy atom. The summed E-state index contributed by atoms with van der Waals surface area (Å²) in [5.41, 5.74) is 0.577. The van der Waals surface area contributed by atoms with E-state index in [0.29, 0.717) is 5.41 Å². The van der Waals surface area contributed by atoms with Crippen LogP contribution < -0.4 is 0 Å². The SMILES string of the molecule is O=C(c1cc(Br)c(Br)s1)N1CCC2(CCCC2)CC1. The minimum Gasteiger partial charge on any atom is -0.338 e. The Labute approximate surface area is 134 Å². The van der Waals surface area contributed by atoms with Gasteiger partial charge >= 0.3 is 0 Å². The molecule has 2 fully saturated rings. The van der Waals surface area contributed by atoms with Gasteiger partial charge < -0.3 is 4.90 Å². The van der Waals surface area contributed by atoms with Gasteiger partial charge in [-0.15, -0.1) is 11.3 Å². The summed E-state index contributed by atoms with van der Waals surface area (Å²) in [5.74, 6) is 0.198. The molecule has 1 aliphatic heterocycles. The number of halogens is 2. The van der Waals surface area contributed by atoms with Crippen LogP contribution in [0, 0.1) is 5.41 Å². The van der Waals surface area contributed by atoms with Crippen molar-refractivity contribution >= 4 is 49.1 Å². The molecular weight excluding hydrogens is 390 g/mol. The number of piperidine rings is 1. The molecule has 2 aliphatic rings. The Hall–Kier alpha value is 0.130. The lowest BCUT2D eigenvalue weighted by atomic mass is 9.77. The van der Waals surface area contributed by atoms with Crippen molar-refractivity contribution in [1.29, 1.82) is 0 Å². The van der Waals surface area contributed by atoms with Crippen LogP contribution in [0.25, 0.3) is 0 Å². The zero-order chi connectivity index (χ0) is 13.5. The van der Waals surface area contributed by atoms with Gasteiger partial charge in [-0.1, -0.05) is 12.8 Å².